The fraction of sp³-hybridized carbons (Fsp3) is 0.531. The summed E-state index contributed by atoms with van der Waals surface area (Å²) in [5.41, 5.74) is 6.96. The van der Waals surface area contributed by atoms with Gasteiger partial charge in [0, 0.05) is 19.6 Å². The van der Waals surface area contributed by atoms with E-state index in [0.29, 0.717) is 38.4 Å². The third kappa shape index (κ3) is 6.33. The minimum atomic E-state index is -0.724. The van der Waals surface area contributed by atoms with E-state index in [9.17, 15) is 14.4 Å². The molecule has 1 unspecified atom stereocenters. The Balaban J connectivity index is 1.29. The lowest BCUT2D eigenvalue weighted by Crippen LogP contribution is -2.59. The van der Waals surface area contributed by atoms with Crippen molar-refractivity contribution in [2.24, 2.45) is 0 Å². The first-order chi connectivity index (χ1) is 20.0. The van der Waals surface area contributed by atoms with Crippen molar-refractivity contribution in [1.29, 1.82) is 0 Å². The Hall–Kier alpha value is -3.79. The summed E-state index contributed by atoms with van der Waals surface area (Å²) in [6.45, 7) is 6.61. The number of ether oxygens (including phenoxy) is 2. The number of amides is 4. The lowest BCUT2D eigenvalue weighted by atomic mass is 9.86. The summed E-state index contributed by atoms with van der Waals surface area (Å²) in [4.78, 5) is 44.9. The molecule has 10 heteroatoms. The molecule has 4 amide bonds. The second-order valence-corrected chi connectivity index (χ2v) is 12.6. The second kappa shape index (κ2) is 11.8. The highest BCUT2D eigenvalue weighted by molar-refractivity contribution is 5.89. The average molecular weight is 578 g/mol. The number of hydrogen-bond acceptors (Lipinski definition) is 6. The van der Waals surface area contributed by atoms with Crippen molar-refractivity contribution < 1.29 is 23.9 Å². The van der Waals surface area contributed by atoms with Crippen molar-refractivity contribution in [3.8, 4) is 5.75 Å². The summed E-state index contributed by atoms with van der Waals surface area (Å²) in [5, 5.41) is 0. The van der Waals surface area contributed by atoms with Crippen LogP contribution in [-0.4, -0.2) is 77.7 Å². The molecule has 2 heterocycles. The van der Waals surface area contributed by atoms with Crippen molar-refractivity contribution in [3.63, 3.8) is 0 Å². The van der Waals surface area contributed by atoms with E-state index >= 15 is 0 Å². The number of urea groups is 1. The predicted molar refractivity (Wildman–Crippen MR) is 159 cm³/mol. The molecule has 10 nitrogen and oxygen atoms in total. The monoisotopic (exact) mass is 577 g/mol. The molecule has 1 atom stereocenters. The van der Waals surface area contributed by atoms with Gasteiger partial charge in [-0.25, -0.2) is 20.4 Å². The SMILES string of the molecule is COc1ccc(CCN2C(=O)C3(CCN(C(=O)NNC(=O)OC(C)(C)C)CC3)N(C)C2c2ccc(C3CC3)cc2)cc1. The number of carbonyl (C=O) groups is 3. The van der Waals surface area contributed by atoms with Gasteiger partial charge in [0.2, 0.25) is 5.91 Å². The van der Waals surface area contributed by atoms with Crippen molar-refractivity contribution in [3.05, 3.63) is 65.2 Å². The molecule has 3 fully saturated rings. The lowest BCUT2D eigenvalue weighted by Gasteiger charge is -2.42. The molecule has 226 valence electrons. The Labute approximate surface area is 248 Å². The van der Waals surface area contributed by atoms with E-state index in [4.69, 9.17) is 9.47 Å². The van der Waals surface area contributed by atoms with Crippen LogP contribution in [0, 0.1) is 0 Å². The highest BCUT2D eigenvalue weighted by atomic mass is 16.6. The van der Waals surface area contributed by atoms with Gasteiger partial charge >= 0.3 is 12.1 Å². The molecule has 5 rings (SSSR count). The van der Waals surface area contributed by atoms with Crippen LogP contribution in [0.2, 0.25) is 0 Å². The summed E-state index contributed by atoms with van der Waals surface area (Å²) in [6, 6.07) is 16.3. The van der Waals surface area contributed by atoms with Crippen LogP contribution < -0.4 is 15.6 Å². The van der Waals surface area contributed by atoms with Gasteiger partial charge in [0.15, 0.2) is 0 Å². The first kappa shape index (κ1) is 29.7. The maximum absolute atomic E-state index is 14.3. The number of piperidine rings is 1. The van der Waals surface area contributed by atoms with E-state index in [0.717, 1.165) is 23.3 Å². The molecule has 2 aromatic carbocycles. The number of carbonyl (C=O) groups excluding carboxylic acids is 3. The maximum atomic E-state index is 14.3. The second-order valence-electron chi connectivity index (χ2n) is 12.6. The average Bonchev–Trinajstić information content (AvgIpc) is 3.80. The number of hydrazine groups is 1. The minimum absolute atomic E-state index is 0.0988. The molecule has 0 radical (unpaired) electrons. The van der Waals surface area contributed by atoms with E-state index < -0.39 is 23.3 Å². The number of methoxy groups -OCH3 is 1. The number of rotatable bonds is 6. The Kier molecular flexibility index (Phi) is 8.37. The van der Waals surface area contributed by atoms with E-state index in [-0.39, 0.29) is 12.1 Å². The quantitative estimate of drug-likeness (QED) is 0.488. The van der Waals surface area contributed by atoms with Gasteiger partial charge in [-0.1, -0.05) is 36.4 Å². The van der Waals surface area contributed by atoms with E-state index in [1.807, 2.05) is 36.2 Å². The van der Waals surface area contributed by atoms with Gasteiger partial charge in [-0.15, -0.1) is 0 Å². The number of nitrogens with one attached hydrogen (secondary N) is 2. The molecule has 2 aliphatic heterocycles. The van der Waals surface area contributed by atoms with Gasteiger partial charge in [0.1, 0.15) is 23.1 Å². The van der Waals surface area contributed by atoms with Gasteiger partial charge < -0.3 is 19.3 Å². The largest absolute Gasteiger partial charge is 0.497 e. The molecule has 1 saturated carbocycles. The predicted octanol–water partition coefficient (Wildman–Crippen LogP) is 4.57. The van der Waals surface area contributed by atoms with Gasteiger partial charge in [-0.05, 0) is 94.7 Å². The zero-order valence-corrected chi connectivity index (χ0v) is 25.3. The van der Waals surface area contributed by atoms with Gasteiger partial charge in [0.25, 0.3) is 0 Å². The first-order valence-corrected chi connectivity index (χ1v) is 14.8. The smallest absolute Gasteiger partial charge is 0.426 e. The van der Waals surface area contributed by atoms with Gasteiger partial charge in [0.05, 0.1) is 7.11 Å². The Morgan fingerprint density at radius 1 is 0.952 bits per heavy atom. The molecule has 42 heavy (non-hydrogen) atoms. The zero-order chi connectivity index (χ0) is 30.1. The number of benzene rings is 2. The number of likely N-dealkylation sites (N-methyl/N-ethyl adjacent to an activating group) is 1. The highest BCUT2D eigenvalue weighted by Crippen LogP contribution is 2.46. The Bertz CT molecular complexity index is 1280. The van der Waals surface area contributed by atoms with Crippen LogP contribution >= 0.6 is 0 Å². The molecule has 1 spiro atoms. The standard InChI is InChI=1S/C32H43N5O5/c1-31(2,3)42-30(40)34-33-29(39)36-20-17-32(18-21-36)28(38)37(19-16-22-6-14-26(41-5)15-7-22)27(35(32)4)25-12-10-24(11-13-25)23-8-9-23/h6-7,10-15,23,27H,8-9,16-21H2,1-5H3,(H,33,39)(H,34,40). The zero-order valence-electron chi connectivity index (χ0n) is 25.3. The topological polar surface area (TPSA) is 103 Å². The summed E-state index contributed by atoms with van der Waals surface area (Å²) >= 11 is 0. The van der Waals surface area contributed by atoms with Crippen molar-refractivity contribution in [1.82, 2.24) is 25.6 Å². The molecular formula is C32H43N5O5. The van der Waals surface area contributed by atoms with Crippen LogP contribution in [0.3, 0.4) is 0 Å². The number of hydrogen-bond donors (Lipinski definition) is 2. The molecule has 0 bridgehead atoms. The summed E-state index contributed by atoms with van der Waals surface area (Å²) in [7, 11) is 3.68. The molecule has 1 aliphatic carbocycles. The molecular weight excluding hydrogens is 534 g/mol. The Morgan fingerprint density at radius 3 is 2.14 bits per heavy atom. The highest BCUT2D eigenvalue weighted by Gasteiger charge is 2.57. The van der Waals surface area contributed by atoms with E-state index in [1.54, 1.807) is 32.8 Å². The van der Waals surface area contributed by atoms with Crippen molar-refractivity contribution in [2.45, 2.75) is 76.1 Å². The summed E-state index contributed by atoms with van der Waals surface area (Å²) in [6.07, 6.45) is 3.29. The Morgan fingerprint density at radius 2 is 1.57 bits per heavy atom. The van der Waals surface area contributed by atoms with Crippen molar-refractivity contribution >= 4 is 18.0 Å². The van der Waals surface area contributed by atoms with Crippen LogP contribution in [0.25, 0.3) is 0 Å². The third-order valence-corrected chi connectivity index (χ3v) is 8.63. The fourth-order valence-electron chi connectivity index (χ4n) is 6.13. The molecule has 2 aromatic rings. The van der Waals surface area contributed by atoms with E-state index in [2.05, 4.69) is 40.0 Å². The van der Waals surface area contributed by atoms with E-state index in [1.165, 1.54) is 18.4 Å². The number of nitrogens with zero attached hydrogens (tertiary/aromatic N) is 3. The molecule has 2 N–H and O–H groups in total. The fourth-order valence-corrected chi connectivity index (χ4v) is 6.13. The van der Waals surface area contributed by atoms with Crippen molar-refractivity contribution in [2.75, 3.05) is 33.8 Å². The van der Waals surface area contributed by atoms with Crippen LogP contribution in [0.15, 0.2) is 48.5 Å². The van der Waals surface area contributed by atoms with Gasteiger partial charge in [-0.3, -0.25) is 9.69 Å². The lowest BCUT2D eigenvalue weighted by molar-refractivity contribution is -0.135. The third-order valence-electron chi connectivity index (χ3n) is 8.63. The van der Waals surface area contributed by atoms with Crippen LogP contribution in [0.5, 0.6) is 5.75 Å². The summed E-state index contributed by atoms with van der Waals surface area (Å²) in [5.74, 6) is 1.57. The minimum Gasteiger partial charge on any atom is -0.497 e. The first-order valence-electron chi connectivity index (χ1n) is 14.8. The molecule has 0 aromatic heterocycles. The summed E-state index contributed by atoms with van der Waals surface area (Å²) < 4.78 is 10.5. The van der Waals surface area contributed by atoms with Crippen LogP contribution in [-0.2, 0) is 16.0 Å². The van der Waals surface area contributed by atoms with Gasteiger partial charge in [-0.2, -0.15) is 0 Å². The normalized spacial score (nSPS) is 20.5. The number of likely N-dealkylation sites (tertiary alicyclic amines) is 1. The maximum Gasteiger partial charge on any atom is 0.426 e. The van der Waals surface area contributed by atoms with Crippen LogP contribution in [0.1, 0.15) is 75.2 Å². The van der Waals surface area contributed by atoms with Crippen LogP contribution in [0.4, 0.5) is 9.59 Å². The molecule has 2 saturated heterocycles. The molecule has 3 aliphatic rings.